The number of rotatable bonds is 3. The molecule has 0 saturated heterocycles. The summed E-state index contributed by atoms with van der Waals surface area (Å²) in [5.41, 5.74) is 1.10. The number of hydrogen-bond acceptors (Lipinski definition) is 5. The Morgan fingerprint density at radius 1 is 1.39 bits per heavy atom. The van der Waals surface area contributed by atoms with Crippen molar-refractivity contribution >= 4 is 28.9 Å². The number of nitrogens with zero attached hydrogens (tertiary/aromatic N) is 2. The maximum atomic E-state index is 11.7. The van der Waals surface area contributed by atoms with Crippen LogP contribution in [0.5, 0.6) is 0 Å². The van der Waals surface area contributed by atoms with Crippen molar-refractivity contribution in [3.8, 4) is 0 Å². The van der Waals surface area contributed by atoms with Crippen LogP contribution in [-0.2, 0) is 11.3 Å². The van der Waals surface area contributed by atoms with Crippen molar-refractivity contribution in [1.29, 1.82) is 0 Å². The fourth-order valence-electron chi connectivity index (χ4n) is 1.43. The number of thiazole rings is 1. The number of halogens is 1. The molecule has 6 heteroatoms. The summed E-state index contributed by atoms with van der Waals surface area (Å²) in [7, 11) is 0. The summed E-state index contributed by atoms with van der Waals surface area (Å²) in [6.45, 7) is 4.02. The van der Waals surface area contributed by atoms with Gasteiger partial charge in [0.1, 0.15) is 17.5 Å². The molecule has 0 radical (unpaired) electrons. The minimum atomic E-state index is -0.483. The summed E-state index contributed by atoms with van der Waals surface area (Å²) in [6.07, 6.45) is 0. The average molecular weight is 283 g/mol. The molecule has 2 heterocycles. The minimum Gasteiger partial charge on any atom is -0.455 e. The highest BCUT2D eigenvalue weighted by Crippen LogP contribution is 2.18. The second-order valence-corrected chi connectivity index (χ2v) is 5.34. The number of esters is 1. The van der Waals surface area contributed by atoms with Crippen molar-refractivity contribution < 1.29 is 9.53 Å². The number of aryl methyl sites for hydroxylation is 2. The SMILES string of the molecule is Cc1nc(C)c(COC(=O)c2cccc(Cl)n2)s1. The first-order valence-electron chi connectivity index (χ1n) is 5.29. The van der Waals surface area contributed by atoms with Crippen LogP contribution in [0.2, 0.25) is 5.15 Å². The molecule has 0 aliphatic rings. The van der Waals surface area contributed by atoms with Gasteiger partial charge in [-0.2, -0.15) is 0 Å². The molecule has 0 aliphatic carbocycles. The molecule has 94 valence electrons. The maximum absolute atomic E-state index is 11.7. The number of aromatic nitrogens is 2. The molecule has 0 aliphatic heterocycles. The van der Waals surface area contributed by atoms with Gasteiger partial charge in [0.2, 0.25) is 0 Å². The molecule has 4 nitrogen and oxygen atoms in total. The van der Waals surface area contributed by atoms with E-state index in [1.54, 1.807) is 18.2 Å². The molecule has 0 N–H and O–H groups in total. The lowest BCUT2D eigenvalue weighted by molar-refractivity contribution is 0.0469. The van der Waals surface area contributed by atoms with E-state index in [0.717, 1.165) is 15.6 Å². The molecule has 0 spiro atoms. The predicted molar refractivity (Wildman–Crippen MR) is 70.0 cm³/mol. The van der Waals surface area contributed by atoms with Crippen LogP contribution in [0.1, 0.15) is 26.1 Å². The van der Waals surface area contributed by atoms with Gasteiger partial charge in [-0.3, -0.25) is 0 Å². The fraction of sp³-hybridized carbons (Fsp3) is 0.250. The summed E-state index contributed by atoms with van der Waals surface area (Å²) in [4.78, 5) is 20.8. The second-order valence-electron chi connectivity index (χ2n) is 3.66. The zero-order valence-electron chi connectivity index (χ0n) is 9.94. The van der Waals surface area contributed by atoms with Gasteiger partial charge in [0.05, 0.1) is 15.6 Å². The van der Waals surface area contributed by atoms with Crippen LogP contribution in [0, 0.1) is 13.8 Å². The summed E-state index contributed by atoms with van der Waals surface area (Å²) < 4.78 is 5.17. The Hall–Kier alpha value is -1.46. The van der Waals surface area contributed by atoms with E-state index in [1.165, 1.54) is 11.3 Å². The van der Waals surface area contributed by atoms with Crippen LogP contribution < -0.4 is 0 Å². The number of carbonyl (C=O) groups is 1. The number of ether oxygens (including phenoxy) is 1. The van der Waals surface area contributed by atoms with Crippen molar-refractivity contribution in [3.05, 3.63) is 44.6 Å². The lowest BCUT2D eigenvalue weighted by atomic mass is 10.3. The van der Waals surface area contributed by atoms with E-state index < -0.39 is 5.97 Å². The van der Waals surface area contributed by atoms with Crippen LogP contribution in [0.3, 0.4) is 0 Å². The molecular weight excluding hydrogens is 272 g/mol. The number of hydrogen-bond donors (Lipinski definition) is 0. The Labute approximate surface area is 114 Å². The van der Waals surface area contributed by atoms with E-state index >= 15 is 0 Å². The van der Waals surface area contributed by atoms with E-state index in [-0.39, 0.29) is 17.5 Å². The molecule has 2 rings (SSSR count). The van der Waals surface area contributed by atoms with Crippen LogP contribution in [0.25, 0.3) is 0 Å². The summed E-state index contributed by atoms with van der Waals surface area (Å²) in [5.74, 6) is -0.483. The maximum Gasteiger partial charge on any atom is 0.357 e. The smallest absolute Gasteiger partial charge is 0.357 e. The largest absolute Gasteiger partial charge is 0.455 e. The molecule has 2 aromatic rings. The quantitative estimate of drug-likeness (QED) is 0.641. The van der Waals surface area contributed by atoms with Gasteiger partial charge in [0.25, 0.3) is 0 Å². The van der Waals surface area contributed by atoms with Gasteiger partial charge in [-0.25, -0.2) is 14.8 Å². The van der Waals surface area contributed by atoms with E-state index in [2.05, 4.69) is 9.97 Å². The highest BCUT2D eigenvalue weighted by molar-refractivity contribution is 7.11. The molecule has 0 saturated carbocycles. The van der Waals surface area contributed by atoms with Crippen LogP contribution in [0.4, 0.5) is 0 Å². The fourth-order valence-corrected chi connectivity index (χ4v) is 2.45. The normalized spacial score (nSPS) is 10.4. The topological polar surface area (TPSA) is 52.1 Å². The highest BCUT2D eigenvalue weighted by atomic mass is 35.5. The van der Waals surface area contributed by atoms with Crippen LogP contribution in [-0.4, -0.2) is 15.9 Å². The van der Waals surface area contributed by atoms with E-state index in [0.29, 0.717) is 0 Å². The monoisotopic (exact) mass is 282 g/mol. The number of pyridine rings is 1. The van der Waals surface area contributed by atoms with E-state index in [1.807, 2.05) is 13.8 Å². The average Bonchev–Trinajstić information content (AvgIpc) is 2.65. The van der Waals surface area contributed by atoms with Gasteiger partial charge in [0, 0.05) is 0 Å². The van der Waals surface area contributed by atoms with Gasteiger partial charge < -0.3 is 4.74 Å². The number of carbonyl (C=O) groups excluding carboxylic acids is 1. The first-order chi connectivity index (χ1) is 8.56. The summed E-state index contributed by atoms with van der Waals surface area (Å²) in [6, 6.07) is 4.84. The van der Waals surface area contributed by atoms with Gasteiger partial charge in [0.15, 0.2) is 0 Å². The van der Waals surface area contributed by atoms with Crippen LogP contribution >= 0.6 is 22.9 Å². The van der Waals surface area contributed by atoms with Crippen molar-refractivity contribution in [2.24, 2.45) is 0 Å². The van der Waals surface area contributed by atoms with Gasteiger partial charge in [-0.1, -0.05) is 17.7 Å². The molecule has 0 fully saturated rings. The third-order valence-electron chi connectivity index (χ3n) is 2.26. The first kappa shape index (κ1) is 13.0. The zero-order valence-corrected chi connectivity index (χ0v) is 11.5. The van der Waals surface area contributed by atoms with Gasteiger partial charge in [-0.15, -0.1) is 11.3 Å². The highest BCUT2D eigenvalue weighted by Gasteiger charge is 2.12. The molecule has 0 amide bonds. The second kappa shape index (κ2) is 5.46. The first-order valence-corrected chi connectivity index (χ1v) is 6.48. The Balaban J connectivity index is 2.02. The predicted octanol–water partition coefficient (Wildman–Crippen LogP) is 3.17. The van der Waals surface area contributed by atoms with Crippen LogP contribution in [0.15, 0.2) is 18.2 Å². The Bertz CT molecular complexity index is 583. The van der Waals surface area contributed by atoms with Crippen molar-refractivity contribution in [2.45, 2.75) is 20.5 Å². The Morgan fingerprint density at radius 2 is 2.17 bits per heavy atom. The molecule has 0 bridgehead atoms. The van der Waals surface area contributed by atoms with Crippen molar-refractivity contribution in [2.75, 3.05) is 0 Å². The van der Waals surface area contributed by atoms with Gasteiger partial charge >= 0.3 is 5.97 Å². The lowest BCUT2D eigenvalue weighted by Crippen LogP contribution is -2.07. The molecular formula is C12H11ClN2O2S. The van der Waals surface area contributed by atoms with E-state index in [4.69, 9.17) is 16.3 Å². The Kier molecular flexibility index (Phi) is 3.93. The minimum absolute atomic E-state index is 0.210. The third-order valence-corrected chi connectivity index (χ3v) is 3.52. The molecule has 0 unspecified atom stereocenters. The molecule has 0 atom stereocenters. The summed E-state index contributed by atoms with van der Waals surface area (Å²) in [5, 5.41) is 1.23. The Morgan fingerprint density at radius 3 is 2.78 bits per heavy atom. The molecule has 2 aromatic heterocycles. The van der Waals surface area contributed by atoms with E-state index in [9.17, 15) is 4.79 Å². The van der Waals surface area contributed by atoms with Gasteiger partial charge in [-0.05, 0) is 26.0 Å². The zero-order chi connectivity index (χ0) is 13.1. The molecule has 0 aromatic carbocycles. The van der Waals surface area contributed by atoms with Crippen molar-refractivity contribution in [3.63, 3.8) is 0 Å². The summed E-state index contributed by atoms with van der Waals surface area (Å²) >= 11 is 7.23. The molecule has 18 heavy (non-hydrogen) atoms. The standard InChI is InChI=1S/C12H11ClN2O2S/c1-7-10(18-8(2)14-7)6-17-12(16)9-4-3-5-11(13)15-9/h3-5H,6H2,1-2H3. The van der Waals surface area contributed by atoms with Crippen molar-refractivity contribution in [1.82, 2.24) is 9.97 Å². The third kappa shape index (κ3) is 3.05. The lowest BCUT2D eigenvalue weighted by Gasteiger charge is -2.03.